The largest absolute Gasteiger partial charge is 0.361 e. The fourth-order valence-corrected chi connectivity index (χ4v) is 3.07. The molecule has 1 saturated heterocycles. The molecule has 1 heterocycles. The van der Waals surface area contributed by atoms with Crippen LogP contribution in [0.25, 0.3) is 0 Å². The second-order valence-electron chi connectivity index (χ2n) is 3.80. The van der Waals surface area contributed by atoms with Crippen molar-refractivity contribution >= 4 is 28.7 Å². The first-order chi connectivity index (χ1) is 7.36. The van der Waals surface area contributed by atoms with Crippen molar-refractivity contribution in [2.75, 3.05) is 24.3 Å². The Morgan fingerprint density at radius 3 is 3.00 bits per heavy atom. The number of hydrogen-bond acceptors (Lipinski definition) is 3. The van der Waals surface area contributed by atoms with Crippen LogP contribution in [0.3, 0.4) is 0 Å². The van der Waals surface area contributed by atoms with Crippen molar-refractivity contribution in [2.24, 2.45) is 4.99 Å². The summed E-state index contributed by atoms with van der Waals surface area (Å²) in [5, 5.41) is 4.62. The van der Waals surface area contributed by atoms with Crippen LogP contribution in [0, 0.1) is 0 Å². The molecule has 2 nitrogen and oxygen atoms in total. The molecule has 1 aliphatic heterocycles. The SMILES string of the molecule is CCC1CSC(=NCCCCCSC)N1. The van der Waals surface area contributed by atoms with Crippen LogP contribution in [0.4, 0.5) is 0 Å². The highest BCUT2D eigenvalue weighted by Crippen LogP contribution is 2.15. The third kappa shape index (κ3) is 5.71. The molecule has 0 amide bonds. The molecule has 1 atom stereocenters. The molecule has 15 heavy (non-hydrogen) atoms. The van der Waals surface area contributed by atoms with Crippen molar-refractivity contribution in [2.45, 2.75) is 38.6 Å². The van der Waals surface area contributed by atoms with Crippen molar-refractivity contribution in [1.29, 1.82) is 0 Å². The maximum absolute atomic E-state index is 4.58. The highest BCUT2D eigenvalue weighted by atomic mass is 32.2. The second-order valence-corrected chi connectivity index (χ2v) is 5.80. The van der Waals surface area contributed by atoms with Crippen molar-refractivity contribution in [1.82, 2.24) is 5.32 Å². The molecule has 88 valence electrons. The second kappa shape index (κ2) is 8.34. The van der Waals surface area contributed by atoms with Gasteiger partial charge < -0.3 is 5.32 Å². The Labute approximate surface area is 102 Å². The Hall–Kier alpha value is 0.170. The van der Waals surface area contributed by atoms with E-state index >= 15 is 0 Å². The molecule has 0 aromatic carbocycles. The fraction of sp³-hybridized carbons (Fsp3) is 0.909. The molecule has 0 radical (unpaired) electrons. The summed E-state index contributed by atoms with van der Waals surface area (Å²) in [5.74, 6) is 2.49. The van der Waals surface area contributed by atoms with Crippen LogP contribution in [-0.2, 0) is 0 Å². The smallest absolute Gasteiger partial charge is 0.156 e. The molecule has 1 rings (SSSR count). The standard InChI is InChI=1S/C11H22N2S2/c1-3-10-9-15-11(13-10)12-7-5-4-6-8-14-2/h10H,3-9H2,1-2H3,(H,12,13). The maximum Gasteiger partial charge on any atom is 0.156 e. The summed E-state index contributed by atoms with van der Waals surface area (Å²) < 4.78 is 0. The lowest BCUT2D eigenvalue weighted by Gasteiger charge is -2.04. The van der Waals surface area contributed by atoms with Gasteiger partial charge >= 0.3 is 0 Å². The van der Waals surface area contributed by atoms with Crippen molar-refractivity contribution < 1.29 is 0 Å². The van der Waals surface area contributed by atoms with Gasteiger partial charge in [-0.1, -0.05) is 25.1 Å². The summed E-state index contributed by atoms with van der Waals surface area (Å²) in [6, 6.07) is 0.658. The summed E-state index contributed by atoms with van der Waals surface area (Å²) in [5.41, 5.74) is 0. The summed E-state index contributed by atoms with van der Waals surface area (Å²) >= 11 is 3.81. The molecule has 4 heteroatoms. The fourth-order valence-electron chi connectivity index (χ4n) is 1.46. The van der Waals surface area contributed by atoms with Crippen LogP contribution in [0.15, 0.2) is 4.99 Å². The quantitative estimate of drug-likeness (QED) is 0.699. The summed E-state index contributed by atoms with van der Waals surface area (Å²) in [6.45, 7) is 3.23. The lowest BCUT2D eigenvalue weighted by Crippen LogP contribution is -2.25. The molecule has 1 unspecified atom stereocenters. The molecular formula is C11H22N2S2. The number of aliphatic imine (C=N–C) groups is 1. The van der Waals surface area contributed by atoms with E-state index in [-0.39, 0.29) is 0 Å². The Balaban J connectivity index is 2.01. The Morgan fingerprint density at radius 2 is 2.33 bits per heavy atom. The number of nitrogens with one attached hydrogen (secondary N) is 1. The number of hydrogen-bond donors (Lipinski definition) is 1. The average Bonchev–Trinajstić information content (AvgIpc) is 2.71. The Kier molecular flexibility index (Phi) is 7.36. The summed E-state index contributed by atoms with van der Waals surface area (Å²) in [7, 11) is 0. The first-order valence-electron chi connectivity index (χ1n) is 5.79. The van der Waals surface area contributed by atoms with Gasteiger partial charge in [0, 0.05) is 18.3 Å². The van der Waals surface area contributed by atoms with E-state index in [9.17, 15) is 0 Å². The van der Waals surface area contributed by atoms with E-state index in [4.69, 9.17) is 0 Å². The molecule has 1 N–H and O–H groups in total. The average molecular weight is 246 g/mol. The third-order valence-corrected chi connectivity index (χ3v) is 4.29. The zero-order valence-electron chi connectivity index (χ0n) is 9.79. The molecule has 0 spiro atoms. The van der Waals surface area contributed by atoms with Gasteiger partial charge in [0.1, 0.15) is 0 Å². The van der Waals surface area contributed by atoms with Gasteiger partial charge in [0.2, 0.25) is 0 Å². The predicted octanol–water partition coefficient (Wildman–Crippen LogP) is 2.99. The lowest BCUT2D eigenvalue weighted by molar-refractivity contribution is 0.664. The summed E-state index contributed by atoms with van der Waals surface area (Å²) in [6.07, 6.45) is 7.27. The number of rotatable bonds is 7. The van der Waals surface area contributed by atoms with Gasteiger partial charge in [0.05, 0.1) is 0 Å². The van der Waals surface area contributed by atoms with E-state index in [0.29, 0.717) is 6.04 Å². The molecule has 0 aromatic heterocycles. The Bertz CT molecular complexity index is 195. The van der Waals surface area contributed by atoms with E-state index in [1.807, 2.05) is 23.5 Å². The van der Waals surface area contributed by atoms with Crippen LogP contribution in [0.5, 0.6) is 0 Å². The van der Waals surface area contributed by atoms with Gasteiger partial charge in [-0.25, -0.2) is 0 Å². The molecular weight excluding hydrogens is 224 g/mol. The normalized spacial score (nSPS) is 23.3. The van der Waals surface area contributed by atoms with Crippen LogP contribution < -0.4 is 5.32 Å². The maximum atomic E-state index is 4.58. The van der Waals surface area contributed by atoms with Crippen molar-refractivity contribution in [3.63, 3.8) is 0 Å². The molecule has 0 saturated carbocycles. The van der Waals surface area contributed by atoms with Gasteiger partial charge in [0.25, 0.3) is 0 Å². The minimum absolute atomic E-state index is 0.658. The van der Waals surface area contributed by atoms with Gasteiger partial charge in [-0.05, 0) is 31.3 Å². The van der Waals surface area contributed by atoms with Gasteiger partial charge in [0.15, 0.2) is 5.17 Å². The van der Waals surface area contributed by atoms with Crippen LogP contribution in [0.1, 0.15) is 32.6 Å². The van der Waals surface area contributed by atoms with E-state index in [1.54, 1.807) is 0 Å². The van der Waals surface area contributed by atoms with Crippen molar-refractivity contribution in [3.05, 3.63) is 0 Å². The Morgan fingerprint density at radius 1 is 1.47 bits per heavy atom. The molecule has 1 aliphatic rings. The van der Waals surface area contributed by atoms with Crippen molar-refractivity contribution in [3.8, 4) is 0 Å². The van der Waals surface area contributed by atoms with Gasteiger partial charge in [-0.15, -0.1) is 0 Å². The third-order valence-electron chi connectivity index (χ3n) is 2.50. The monoisotopic (exact) mass is 246 g/mol. The summed E-state index contributed by atoms with van der Waals surface area (Å²) in [4.78, 5) is 4.58. The first kappa shape index (κ1) is 13.2. The topological polar surface area (TPSA) is 24.4 Å². The molecule has 0 bridgehead atoms. The highest BCUT2D eigenvalue weighted by Gasteiger charge is 2.17. The number of unbranched alkanes of at least 4 members (excludes halogenated alkanes) is 2. The molecule has 0 aromatic rings. The van der Waals surface area contributed by atoms with Gasteiger partial charge in [-0.3, -0.25) is 4.99 Å². The molecule has 1 fully saturated rings. The van der Waals surface area contributed by atoms with Crippen LogP contribution in [0.2, 0.25) is 0 Å². The number of nitrogens with zero attached hydrogens (tertiary/aromatic N) is 1. The zero-order valence-corrected chi connectivity index (χ0v) is 11.4. The number of amidine groups is 1. The highest BCUT2D eigenvalue weighted by molar-refractivity contribution is 8.14. The van der Waals surface area contributed by atoms with E-state index in [2.05, 4.69) is 23.5 Å². The molecule has 0 aliphatic carbocycles. The minimum atomic E-state index is 0.658. The first-order valence-corrected chi connectivity index (χ1v) is 8.17. The lowest BCUT2D eigenvalue weighted by atomic mass is 10.2. The van der Waals surface area contributed by atoms with E-state index in [1.165, 1.54) is 42.4 Å². The number of thioether (sulfide) groups is 2. The van der Waals surface area contributed by atoms with Gasteiger partial charge in [-0.2, -0.15) is 11.8 Å². The van der Waals surface area contributed by atoms with Crippen LogP contribution >= 0.6 is 23.5 Å². The minimum Gasteiger partial charge on any atom is -0.361 e. The zero-order chi connectivity index (χ0) is 10.9. The van der Waals surface area contributed by atoms with Crippen LogP contribution in [-0.4, -0.2) is 35.5 Å². The van der Waals surface area contributed by atoms with E-state index < -0.39 is 0 Å². The van der Waals surface area contributed by atoms with E-state index in [0.717, 1.165) is 6.54 Å². The predicted molar refractivity (Wildman–Crippen MR) is 74.2 cm³/mol.